The first-order valence-electron chi connectivity index (χ1n) is 10.4. The molecule has 0 amide bonds. The second-order valence-corrected chi connectivity index (χ2v) is 7.52. The Bertz CT molecular complexity index is 1190. The molecule has 5 rings (SSSR count). The van der Waals surface area contributed by atoms with E-state index in [1.54, 1.807) is 7.11 Å². The van der Waals surface area contributed by atoms with Crippen molar-refractivity contribution >= 4 is 28.4 Å². The lowest BCUT2D eigenvalue weighted by Gasteiger charge is -2.15. The predicted molar refractivity (Wildman–Crippen MR) is 124 cm³/mol. The molecule has 1 aliphatic heterocycles. The smallest absolute Gasteiger partial charge is 0.239 e. The number of fused-ring (bicyclic) bond motifs is 1. The molecule has 1 unspecified atom stereocenters. The quantitative estimate of drug-likeness (QED) is 0.437. The van der Waals surface area contributed by atoms with Gasteiger partial charge in [-0.2, -0.15) is 4.98 Å². The molecule has 1 fully saturated rings. The highest BCUT2D eigenvalue weighted by molar-refractivity contribution is 5.93. The van der Waals surface area contributed by atoms with E-state index in [1.807, 2.05) is 48.7 Å². The van der Waals surface area contributed by atoms with Crippen molar-refractivity contribution in [2.24, 2.45) is 0 Å². The van der Waals surface area contributed by atoms with E-state index in [2.05, 4.69) is 44.1 Å². The van der Waals surface area contributed by atoms with Crippen LogP contribution >= 0.6 is 0 Å². The molecule has 4 aromatic rings. The van der Waals surface area contributed by atoms with Crippen molar-refractivity contribution in [2.45, 2.75) is 12.5 Å². The average molecular weight is 412 g/mol. The number of para-hydroxylation sites is 1. The Morgan fingerprint density at radius 2 is 1.90 bits per heavy atom. The Morgan fingerprint density at radius 3 is 2.71 bits per heavy atom. The van der Waals surface area contributed by atoms with Crippen LogP contribution in [0.25, 0.3) is 22.0 Å². The third kappa shape index (κ3) is 4.13. The first-order chi connectivity index (χ1) is 15.3. The molecule has 2 aromatic heterocycles. The zero-order valence-corrected chi connectivity index (χ0v) is 17.3. The summed E-state index contributed by atoms with van der Waals surface area (Å²) in [5.41, 5.74) is 3.80. The van der Waals surface area contributed by atoms with E-state index in [1.165, 1.54) is 0 Å². The fourth-order valence-electron chi connectivity index (χ4n) is 3.85. The average Bonchev–Trinajstić information content (AvgIpc) is 3.33. The van der Waals surface area contributed by atoms with Gasteiger partial charge in [-0.25, -0.2) is 9.97 Å². The Morgan fingerprint density at radius 1 is 1.00 bits per heavy atom. The van der Waals surface area contributed by atoms with Crippen LogP contribution in [0.5, 0.6) is 5.88 Å². The van der Waals surface area contributed by atoms with E-state index in [-0.39, 0.29) is 0 Å². The highest BCUT2D eigenvalue weighted by atomic mass is 16.5. The van der Waals surface area contributed by atoms with Crippen LogP contribution in [-0.2, 0) is 0 Å². The van der Waals surface area contributed by atoms with Gasteiger partial charge in [-0.05, 0) is 30.7 Å². The van der Waals surface area contributed by atoms with Gasteiger partial charge >= 0.3 is 0 Å². The van der Waals surface area contributed by atoms with Gasteiger partial charge < -0.3 is 20.7 Å². The molecular weight excluding hydrogens is 388 g/mol. The Balaban J connectivity index is 1.45. The Labute approximate surface area is 180 Å². The fraction of sp³-hybridized carbons (Fsp3) is 0.208. The molecule has 0 spiro atoms. The van der Waals surface area contributed by atoms with Gasteiger partial charge in [-0.1, -0.05) is 48.5 Å². The summed E-state index contributed by atoms with van der Waals surface area (Å²) in [4.78, 5) is 13.9. The lowest BCUT2D eigenvalue weighted by molar-refractivity contribution is 0.400. The standard InChI is InChI=1S/C24H24N6O/c1-31-23-20(10-11-21(29-23)27-18-12-13-25-15-18)28-24-26-14-17-8-5-9-19(22(17)30-24)16-6-3-2-4-7-16/h2-11,14,18,25H,12-13,15H2,1H3,(H,27,29)(H,26,28,30). The highest BCUT2D eigenvalue weighted by Crippen LogP contribution is 2.30. The van der Waals surface area contributed by atoms with Gasteiger partial charge in [0, 0.05) is 29.7 Å². The number of methoxy groups -OCH3 is 1. The number of nitrogens with one attached hydrogen (secondary N) is 3. The minimum Gasteiger partial charge on any atom is -0.479 e. The van der Waals surface area contributed by atoms with Crippen LogP contribution in [0.4, 0.5) is 17.5 Å². The van der Waals surface area contributed by atoms with Crippen molar-refractivity contribution in [2.75, 3.05) is 30.8 Å². The number of ether oxygens (including phenoxy) is 1. The summed E-state index contributed by atoms with van der Waals surface area (Å²) in [6.07, 6.45) is 2.92. The molecule has 7 nitrogen and oxygen atoms in total. The first-order valence-corrected chi connectivity index (χ1v) is 10.4. The summed E-state index contributed by atoms with van der Waals surface area (Å²) >= 11 is 0. The minimum atomic E-state index is 0.385. The van der Waals surface area contributed by atoms with Crippen LogP contribution in [0.1, 0.15) is 6.42 Å². The normalized spacial score (nSPS) is 15.7. The molecule has 1 aliphatic rings. The van der Waals surface area contributed by atoms with Gasteiger partial charge in [0.15, 0.2) is 0 Å². The van der Waals surface area contributed by atoms with Crippen LogP contribution in [0.15, 0.2) is 66.9 Å². The van der Waals surface area contributed by atoms with Crippen molar-refractivity contribution in [1.29, 1.82) is 0 Å². The molecule has 2 aromatic carbocycles. The third-order valence-corrected chi connectivity index (χ3v) is 5.41. The summed E-state index contributed by atoms with van der Waals surface area (Å²) in [5, 5.41) is 11.0. The molecule has 0 radical (unpaired) electrons. The molecule has 7 heteroatoms. The van der Waals surface area contributed by atoms with E-state index >= 15 is 0 Å². The fourth-order valence-corrected chi connectivity index (χ4v) is 3.85. The SMILES string of the molecule is COc1nc(NC2CCNC2)ccc1Nc1ncc2cccc(-c3ccccc3)c2n1. The summed E-state index contributed by atoms with van der Waals surface area (Å²) in [6, 6.07) is 20.6. The molecule has 3 N–H and O–H groups in total. The maximum Gasteiger partial charge on any atom is 0.239 e. The van der Waals surface area contributed by atoms with Crippen LogP contribution < -0.4 is 20.7 Å². The van der Waals surface area contributed by atoms with Gasteiger partial charge in [0.2, 0.25) is 11.8 Å². The Hall–Kier alpha value is -3.71. The maximum atomic E-state index is 5.52. The van der Waals surface area contributed by atoms with Crippen molar-refractivity contribution in [3.05, 3.63) is 66.9 Å². The van der Waals surface area contributed by atoms with Crippen molar-refractivity contribution in [3.8, 4) is 17.0 Å². The zero-order valence-electron chi connectivity index (χ0n) is 17.3. The zero-order chi connectivity index (χ0) is 21.0. The summed E-state index contributed by atoms with van der Waals surface area (Å²) < 4.78 is 5.52. The van der Waals surface area contributed by atoms with Gasteiger partial charge in [-0.3, -0.25) is 0 Å². The van der Waals surface area contributed by atoms with Gasteiger partial charge in [-0.15, -0.1) is 0 Å². The third-order valence-electron chi connectivity index (χ3n) is 5.41. The summed E-state index contributed by atoms with van der Waals surface area (Å²) in [7, 11) is 1.61. The molecule has 0 saturated carbocycles. The summed E-state index contributed by atoms with van der Waals surface area (Å²) in [5.74, 6) is 1.79. The molecule has 31 heavy (non-hydrogen) atoms. The molecule has 0 bridgehead atoms. The highest BCUT2D eigenvalue weighted by Gasteiger charge is 2.16. The van der Waals surface area contributed by atoms with E-state index in [4.69, 9.17) is 9.72 Å². The van der Waals surface area contributed by atoms with Crippen molar-refractivity contribution < 1.29 is 4.74 Å². The van der Waals surface area contributed by atoms with Gasteiger partial charge in [0.05, 0.1) is 12.6 Å². The number of anilines is 3. The van der Waals surface area contributed by atoms with Gasteiger partial charge in [0.25, 0.3) is 0 Å². The molecule has 1 saturated heterocycles. The van der Waals surface area contributed by atoms with Crippen LogP contribution in [0, 0.1) is 0 Å². The molecule has 156 valence electrons. The number of pyridine rings is 1. The van der Waals surface area contributed by atoms with Crippen LogP contribution in [0.3, 0.4) is 0 Å². The van der Waals surface area contributed by atoms with Crippen LogP contribution in [-0.4, -0.2) is 41.2 Å². The summed E-state index contributed by atoms with van der Waals surface area (Å²) in [6.45, 7) is 1.97. The number of hydrogen-bond donors (Lipinski definition) is 3. The minimum absolute atomic E-state index is 0.385. The van der Waals surface area contributed by atoms with Crippen LogP contribution in [0.2, 0.25) is 0 Å². The van der Waals surface area contributed by atoms with Gasteiger partial charge in [0.1, 0.15) is 11.5 Å². The number of rotatable bonds is 6. The maximum absolute atomic E-state index is 5.52. The van der Waals surface area contributed by atoms with E-state index in [0.29, 0.717) is 23.6 Å². The largest absolute Gasteiger partial charge is 0.479 e. The first kappa shape index (κ1) is 19.3. The van der Waals surface area contributed by atoms with E-state index in [9.17, 15) is 0 Å². The van der Waals surface area contributed by atoms with E-state index in [0.717, 1.165) is 47.4 Å². The second-order valence-electron chi connectivity index (χ2n) is 7.52. The predicted octanol–water partition coefficient (Wildman–Crippen LogP) is 4.22. The number of hydrogen-bond acceptors (Lipinski definition) is 7. The molecular formula is C24H24N6O. The number of aromatic nitrogens is 3. The molecule has 1 atom stereocenters. The topological polar surface area (TPSA) is 84.0 Å². The lowest BCUT2D eigenvalue weighted by Crippen LogP contribution is -2.22. The molecule has 0 aliphatic carbocycles. The monoisotopic (exact) mass is 412 g/mol. The lowest BCUT2D eigenvalue weighted by atomic mass is 10.0. The van der Waals surface area contributed by atoms with Crippen molar-refractivity contribution in [3.63, 3.8) is 0 Å². The van der Waals surface area contributed by atoms with Crippen molar-refractivity contribution in [1.82, 2.24) is 20.3 Å². The second kappa shape index (κ2) is 8.57. The molecule has 3 heterocycles. The van der Waals surface area contributed by atoms with E-state index < -0.39 is 0 Å². The Kier molecular flexibility index (Phi) is 5.33. The number of nitrogens with zero attached hydrogens (tertiary/aromatic N) is 3. The number of benzene rings is 2.